The monoisotopic (exact) mass is 288 g/mol. The fourth-order valence-electron chi connectivity index (χ4n) is 2.05. The normalized spacial score (nSPS) is 12.7. The largest absolute Gasteiger partial charge is 0.508 e. The van der Waals surface area contributed by atoms with Crippen LogP contribution in [0.15, 0.2) is 42.5 Å². The molecule has 5 heteroatoms. The van der Waals surface area contributed by atoms with E-state index >= 15 is 0 Å². The van der Waals surface area contributed by atoms with Crippen molar-refractivity contribution in [1.29, 1.82) is 0 Å². The minimum absolute atomic E-state index is 0.234. The number of fused-ring (bicyclic) bond motifs is 1. The number of nitrogens with two attached hydrogens (primary N) is 1. The first-order valence-corrected chi connectivity index (χ1v) is 7.03. The topological polar surface area (TPSA) is 59.1 Å². The SMILES string of the molecule is NC(Cc1ccc(O)cc1)c1nc2ccc(F)cc2s1. The van der Waals surface area contributed by atoms with Crippen LogP contribution in [0.25, 0.3) is 10.2 Å². The predicted molar refractivity (Wildman–Crippen MR) is 78.3 cm³/mol. The van der Waals surface area contributed by atoms with Crippen molar-refractivity contribution in [1.82, 2.24) is 4.98 Å². The molecule has 0 aliphatic carbocycles. The average Bonchev–Trinajstić information content (AvgIpc) is 2.84. The number of hydrogen-bond donors (Lipinski definition) is 2. The maximum atomic E-state index is 13.2. The highest BCUT2D eigenvalue weighted by Gasteiger charge is 2.13. The van der Waals surface area contributed by atoms with Gasteiger partial charge < -0.3 is 10.8 Å². The summed E-state index contributed by atoms with van der Waals surface area (Å²) in [5.41, 5.74) is 7.96. The number of thiazole rings is 1. The van der Waals surface area contributed by atoms with Crippen LogP contribution in [-0.4, -0.2) is 10.1 Å². The van der Waals surface area contributed by atoms with Crippen LogP contribution in [0.2, 0.25) is 0 Å². The van der Waals surface area contributed by atoms with E-state index in [2.05, 4.69) is 4.98 Å². The van der Waals surface area contributed by atoms with E-state index in [1.165, 1.54) is 23.5 Å². The molecule has 3 N–H and O–H groups in total. The first kappa shape index (κ1) is 13.0. The zero-order chi connectivity index (χ0) is 14.1. The van der Waals surface area contributed by atoms with Crippen LogP contribution in [0.4, 0.5) is 4.39 Å². The van der Waals surface area contributed by atoms with Gasteiger partial charge in [-0.2, -0.15) is 0 Å². The molecule has 102 valence electrons. The highest BCUT2D eigenvalue weighted by atomic mass is 32.1. The summed E-state index contributed by atoms with van der Waals surface area (Å²) in [5.74, 6) is -0.0300. The molecule has 0 bridgehead atoms. The molecule has 0 amide bonds. The van der Waals surface area contributed by atoms with Crippen LogP contribution in [0.5, 0.6) is 5.75 Å². The van der Waals surface area contributed by atoms with Crippen molar-refractivity contribution in [3.63, 3.8) is 0 Å². The van der Waals surface area contributed by atoms with Gasteiger partial charge in [0.1, 0.15) is 16.6 Å². The lowest BCUT2D eigenvalue weighted by Crippen LogP contribution is -2.12. The number of phenols is 1. The van der Waals surface area contributed by atoms with E-state index in [-0.39, 0.29) is 17.6 Å². The zero-order valence-electron chi connectivity index (χ0n) is 10.6. The Balaban J connectivity index is 1.84. The molecule has 20 heavy (non-hydrogen) atoms. The number of phenolic OH excluding ortho intramolecular Hbond substituents is 1. The van der Waals surface area contributed by atoms with Crippen molar-refractivity contribution in [2.45, 2.75) is 12.5 Å². The molecule has 0 aliphatic rings. The number of benzene rings is 2. The first-order chi connectivity index (χ1) is 9.61. The van der Waals surface area contributed by atoms with Crippen molar-refractivity contribution < 1.29 is 9.50 Å². The number of aromatic nitrogens is 1. The molecule has 1 heterocycles. The van der Waals surface area contributed by atoms with Crippen LogP contribution in [0.3, 0.4) is 0 Å². The lowest BCUT2D eigenvalue weighted by molar-refractivity contribution is 0.475. The Morgan fingerprint density at radius 2 is 1.95 bits per heavy atom. The summed E-state index contributed by atoms with van der Waals surface area (Å²) in [5, 5.41) is 10.0. The van der Waals surface area contributed by atoms with E-state index in [0.29, 0.717) is 6.42 Å². The standard InChI is InChI=1S/C15H13FN2OS/c16-10-3-6-13-14(8-10)20-15(18-13)12(17)7-9-1-4-11(19)5-2-9/h1-6,8,12,19H,7,17H2. The molecule has 1 atom stereocenters. The van der Waals surface area contributed by atoms with Gasteiger partial charge in [0.25, 0.3) is 0 Å². The van der Waals surface area contributed by atoms with Gasteiger partial charge >= 0.3 is 0 Å². The third-order valence-corrected chi connectivity index (χ3v) is 4.23. The van der Waals surface area contributed by atoms with Crippen molar-refractivity contribution >= 4 is 21.6 Å². The maximum Gasteiger partial charge on any atom is 0.124 e. The third-order valence-electron chi connectivity index (χ3n) is 3.08. The number of hydrogen-bond acceptors (Lipinski definition) is 4. The number of aromatic hydroxyl groups is 1. The molecule has 3 nitrogen and oxygen atoms in total. The highest BCUT2D eigenvalue weighted by molar-refractivity contribution is 7.18. The van der Waals surface area contributed by atoms with Gasteiger partial charge in [0.2, 0.25) is 0 Å². The Labute approximate surface area is 119 Å². The molecule has 2 aromatic carbocycles. The van der Waals surface area contributed by atoms with Crippen LogP contribution in [0, 0.1) is 5.82 Å². The van der Waals surface area contributed by atoms with Gasteiger partial charge in [-0.1, -0.05) is 12.1 Å². The van der Waals surface area contributed by atoms with E-state index < -0.39 is 0 Å². The maximum absolute atomic E-state index is 13.2. The highest BCUT2D eigenvalue weighted by Crippen LogP contribution is 2.28. The Morgan fingerprint density at radius 1 is 1.20 bits per heavy atom. The van der Waals surface area contributed by atoms with Gasteiger partial charge in [-0.25, -0.2) is 9.37 Å². The van der Waals surface area contributed by atoms with Gasteiger partial charge in [-0.3, -0.25) is 0 Å². The number of halogens is 1. The quantitative estimate of drug-likeness (QED) is 0.776. The Bertz CT molecular complexity index is 739. The number of rotatable bonds is 3. The van der Waals surface area contributed by atoms with Gasteiger partial charge in [-0.05, 0) is 42.3 Å². The van der Waals surface area contributed by atoms with Gasteiger partial charge in [-0.15, -0.1) is 11.3 Å². The van der Waals surface area contributed by atoms with E-state index in [1.54, 1.807) is 18.2 Å². The summed E-state index contributed by atoms with van der Waals surface area (Å²) in [6, 6.07) is 11.2. The third kappa shape index (κ3) is 2.64. The fraction of sp³-hybridized carbons (Fsp3) is 0.133. The first-order valence-electron chi connectivity index (χ1n) is 6.21. The minimum Gasteiger partial charge on any atom is -0.508 e. The van der Waals surface area contributed by atoms with E-state index in [4.69, 9.17) is 5.73 Å². The van der Waals surface area contributed by atoms with Crippen molar-refractivity contribution in [2.75, 3.05) is 0 Å². The molecule has 1 unspecified atom stereocenters. The molecule has 0 spiro atoms. The molecule has 3 rings (SSSR count). The molecule has 0 fully saturated rings. The average molecular weight is 288 g/mol. The molecule has 0 saturated carbocycles. The summed E-state index contributed by atoms with van der Waals surface area (Å²) in [6.07, 6.45) is 0.628. The second-order valence-corrected chi connectivity index (χ2v) is 5.70. The van der Waals surface area contributed by atoms with Crippen LogP contribution >= 0.6 is 11.3 Å². The molecule has 3 aromatic rings. The second-order valence-electron chi connectivity index (χ2n) is 4.64. The van der Waals surface area contributed by atoms with E-state index in [1.807, 2.05) is 12.1 Å². The van der Waals surface area contributed by atoms with Crippen LogP contribution < -0.4 is 5.73 Å². The molecule has 0 aliphatic heterocycles. The van der Waals surface area contributed by atoms with Crippen molar-refractivity contribution in [3.05, 3.63) is 58.9 Å². The van der Waals surface area contributed by atoms with Gasteiger partial charge in [0.05, 0.1) is 16.3 Å². The van der Waals surface area contributed by atoms with E-state index in [0.717, 1.165) is 20.8 Å². The molecular weight excluding hydrogens is 275 g/mol. The van der Waals surface area contributed by atoms with Crippen LogP contribution in [-0.2, 0) is 6.42 Å². The summed E-state index contributed by atoms with van der Waals surface area (Å²) >= 11 is 1.42. The summed E-state index contributed by atoms with van der Waals surface area (Å²) in [4.78, 5) is 4.44. The smallest absolute Gasteiger partial charge is 0.124 e. The Kier molecular flexibility index (Phi) is 3.38. The second kappa shape index (κ2) is 5.19. The minimum atomic E-state index is -0.264. The summed E-state index contributed by atoms with van der Waals surface area (Å²) < 4.78 is 14.0. The molecule has 1 aromatic heterocycles. The molecular formula is C15H13FN2OS. The molecule has 0 saturated heterocycles. The van der Waals surface area contributed by atoms with Crippen molar-refractivity contribution in [3.8, 4) is 5.75 Å². The number of nitrogens with zero attached hydrogens (tertiary/aromatic N) is 1. The predicted octanol–water partition coefficient (Wildman–Crippen LogP) is 3.38. The van der Waals surface area contributed by atoms with Crippen molar-refractivity contribution in [2.24, 2.45) is 5.73 Å². The lowest BCUT2D eigenvalue weighted by atomic mass is 10.1. The van der Waals surface area contributed by atoms with Crippen LogP contribution in [0.1, 0.15) is 16.6 Å². The Hall–Kier alpha value is -1.98. The van der Waals surface area contributed by atoms with Gasteiger partial charge in [0, 0.05) is 0 Å². The van der Waals surface area contributed by atoms with E-state index in [9.17, 15) is 9.50 Å². The fourth-order valence-corrected chi connectivity index (χ4v) is 3.04. The summed E-state index contributed by atoms with van der Waals surface area (Å²) in [6.45, 7) is 0. The molecule has 0 radical (unpaired) electrons. The zero-order valence-corrected chi connectivity index (χ0v) is 11.4. The summed E-state index contributed by atoms with van der Waals surface area (Å²) in [7, 11) is 0. The van der Waals surface area contributed by atoms with Gasteiger partial charge in [0.15, 0.2) is 0 Å². The lowest BCUT2D eigenvalue weighted by Gasteiger charge is -2.08. The Morgan fingerprint density at radius 3 is 2.70 bits per heavy atom.